The van der Waals surface area contributed by atoms with Gasteiger partial charge in [0.1, 0.15) is 0 Å². The zero-order chi connectivity index (χ0) is 18.7. The minimum Gasteiger partial charge on any atom is -0.481 e. The zero-order valence-corrected chi connectivity index (χ0v) is 15.0. The van der Waals surface area contributed by atoms with Gasteiger partial charge in [-0.25, -0.2) is 0 Å². The Morgan fingerprint density at radius 1 is 1.20 bits per heavy atom. The van der Waals surface area contributed by atoms with Crippen LogP contribution in [0.2, 0.25) is 0 Å². The van der Waals surface area contributed by atoms with Gasteiger partial charge in [0.05, 0.1) is 11.4 Å². The lowest BCUT2D eigenvalue weighted by Crippen LogP contribution is -1.96. The first-order valence-corrected chi connectivity index (χ1v) is 8.32. The molecule has 1 aromatic rings. The Balaban J connectivity index is 2.92. The second kappa shape index (κ2) is 10.9. The number of benzene rings is 1. The fraction of sp³-hybridized carbons (Fsp3) is 0.286. The summed E-state index contributed by atoms with van der Waals surface area (Å²) in [5.74, 6) is -0.754. The van der Waals surface area contributed by atoms with Crippen LogP contribution in [0.5, 0.6) is 0 Å². The van der Waals surface area contributed by atoms with E-state index in [1.165, 1.54) is 0 Å². The highest BCUT2D eigenvalue weighted by Crippen LogP contribution is 2.29. The summed E-state index contributed by atoms with van der Waals surface area (Å²) in [5.41, 5.74) is 4.55. The summed E-state index contributed by atoms with van der Waals surface area (Å²) in [7, 11) is 0. The summed E-state index contributed by atoms with van der Waals surface area (Å²) >= 11 is 0. The lowest BCUT2D eigenvalue weighted by molar-refractivity contribution is -0.137. The number of aliphatic carboxylic acids is 1. The monoisotopic (exact) mass is 338 g/mol. The van der Waals surface area contributed by atoms with Crippen molar-refractivity contribution < 1.29 is 9.90 Å². The van der Waals surface area contributed by atoms with E-state index in [2.05, 4.69) is 23.1 Å². The topological polar surface area (TPSA) is 62.0 Å². The van der Waals surface area contributed by atoms with Crippen molar-refractivity contribution in [1.29, 1.82) is 0 Å². The van der Waals surface area contributed by atoms with Crippen LogP contribution in [0, 0.1) is 6.92 Å². The van der Waals surface area contributed by atoms with Crippen molar-refractivity contribution in [3.8, 4) is 0 Å². The van der Waals surface area contributed by atoms with Crippen molar-refractivity contribution in [3.63, 3.8) is 0 Å². The molecular weight excluding hydrogens is 312 g/mol. The smallest absolute Gasteiger partial charge is 0.303 e. The van der Waals surface area contributed by atoms with Gasteiger partial charge in [-0.05, 0) is 56.4 Å². The molecule has 0 saturated heterocycles. The van der Waals surface area contributed by atoms with Crippen molar-refractivity contribution in [2.24, 2.45) is 9.98 Å². The maximum Gasteiger partial charge on any atom is 0.303 e. The molecule has 25 heavy (non-hydrogen) atoms. The van der Waals surface area contributed by atoms with E-state index < -0.39 is 5.97 Å². The van der Waals surface area contributed by atoms with E-state index in [0.29, 0.717) is 6.42 Å². The lowest BCUT2D eigenvalue weighted by atomic mass is 10.1. The van der Waals surface area contributed by atoms with E-state index in [9.17, 15) is 4.79 Å². The van der Waals surface area contributed by atoms with Gasteiger partial charge < -0.3 is 5.11 Å². The van der Waals surface area contributed by atoms with Crippen molar-refractivity contribution >= 4 is 29.3 Å². The number of allylic oxidation sites excluding steroid dienone is 4. The molecule has 0 bridgehead atoms. The molecule has 132 valence electrons. The van der Waals surface area contributed by atoms with Gasteiger partial charge in [-0.15, -0.1) is 0 Å². The molecule has 0 aliphatic heterocycles. The second-order valence-corrected chi connectivity index (χ2v) is 5.80. The number of carboxylic acid groups (broad SMARTS) is 1. The minimum absolute atomic E-state index is 0.202. The highest BCUT2D eigenvalue weighted by atomic mass is 16.4. The predicted molar refractivity (Wildman–Crippen MR) is 107 cm³/mol. The summed E-state index contributed by atoms with van der Waals surface area (Å²) in [6, 6.07) is 5.94. The van der Waals surface area contributed by atoms with Crippen LogP contribution in [-0.4, -0.2) is 23.0 Å². The maximum atomic E-state index is 10.6. The Kier molecular flexibility index (Phi) is 8.86. The van der Waals surface area contributed by atoms with Crippen LogP contribution >= 0.6 is 0 Å². The molecule has 0 spiro atoms. The number of aliphatic imine (C=N–C) groups is 2. The molecule has 0 atom stereocenters. The van der Waals surface area contributed by atoms with Gasteiger partial charge in [0.25, 0.3) is 0 Å². The summed E-state index contributed by atoms with van der Waals surface area (Å²) in [5, 5.41) is 8.68. The summed E-state index contributed by atoms with van der Waals surface area (Å²) in [6.07, 6.45) is 9.44. The summed E-state index contributed by atoms with van der Waals surface area (Å²) in [6.45, 7) is 11.4. The number of aryl methyl sites for hydroxylation is 1. The van der Waals surface area contributed by atoms with Crippen LogP contribution in [-0.2, 0) is 4.79 Å². The van der Waals surface area contributed by atoms with Crippen molar-refractivity contribution in [2.45, 2.75) is 39.5 Å². The van der Waals surface area contributed by atoms with Gasteiger partial charge in [-0.1, -0.05) is 37.5 Å². The van der Waals surface area contributed by atoms with Gasteiger partial charge in [0.15, 0.2) is 0 Å². The number of unbranched alkanes of at least 4 members (excludes halogenated alkanes) is 1. The zero-order valence-electron chi connectivity index (χ0n) is 15.0. The van der Waals surface area contributed by atoms with E-state index in [-0.39, 0.29) is 6.42 Å². The molecule has 1 aromatic carbocycles. The predicted octanol–water partition coefficient (Wildman–Crippen LogP) is 5.73. The Hall–Kier alpha value is -2.75. The van der Waals surface area contributed by atoms with Crippen LogP contribution in [0.15, 0.2) is 65.1 Å². The normalized spacial score (nSPS) is 12.4. The number of carbonyl (C=O) groups is 1. The molecule has 0 saturated carbocycles. The number of rotatable bonds is 10. The maximum absolute atomic E-state index is 10.6. The molecule has 0 aliphatic carbocycles. The van der Waals surface area contributed by atoms with Gasteiger partial charge >= 0.3 is 5.97 Å². The molecule has 1 N–H and O–H groups in total. The van der Waals surface area contributed by atoms with E-state index >= 15 is 0 Å². The molecule has 0 aliphatic rings. The molecule has 0 unspecified atom stereocenters. The molecule has 1 rings (SSSR count). The highest BCUT2D eigenvalue weighted by Gasteiger charge is 2.03. The SMILES string of the molecule is C=C/C=C(\C=C)C=Nc1ccc(C)cc1N=C(C)CCCCC(=O)O. The second-order valence-electron chi connectivity index (χ2n) is 5.80. The van der Waals surface area contributed by atoms with E-state index in [1.54, 1.807) is 18.4 Å². The van der Waals surface area contributed by atoms with E-state index in [0.717, 1.165) is 41.1 Å². The standard InChI is InChI=1S/C21H26N2O2/c1-5-9-18(6-2)15-22-19-13-12-16(3)14-20(19)23-17(4)10-7-8-11-21(24)25/h5-6,9,12-15H,1-2,7-8,10-11H2,3-4H3,(H,24,25)/b18-9+,22-15?,23-17?. The molecule has 4 nitrogen and oxygen atoms in total. The quantitative estimate of drug-likeness (QED) is 0.336. The van der Waals surface area contributed by atoms with Crippen LogP contribution in [0.25, 0.3) is 0 Å². The summed E-state index contributed by atoms with van der Waals surface area (Å²) in [4.78, 5) is 19.7. The minimum atomic E-state index is -0.754. The van der Waals surface area contributed by atoms with Crippen molar-refractivity contribution in [3.05, 3.63) is 60.7 Å². The molecule has 4 heteroatoms. The molecule has 0 amide bonds. The summed E-state index contributed by atoms with van der Waals surface area (Å²) < 4.78 is 0. The average molecular weight is 338 g/mol. The van der Waals surface area contributed by atoms with Crippen LogP contribution in [0.1, 0.15) is 38.2 Å². The number of carboxylic acids is 1. The number of nitrogens with zero attached hydrogens (tertiary/aromatic N) is 2. The number of hydrogen-bond donors (Lipinski definition) is 1. The molecule has 0 aromatic heterocycles. The van der Waals surface area contributed by atoms with E-state index in [1.807, 2.05) is 38.1 Å². The first kappa shape index (κ1) is 20.3. The molecular formula is C21H26N2O2. The first-order chi connectivity index (χ1) is 12.0. The Morgan fingerprint density at radius 3 is 2.56 bits per heavy atom. The lowest BCUT2D eigenvalue weighted by Gasteiger charge is -2.05. The largest absolute Gasteiger partial charge is 0.481 e. The molecule has 0 fully saturated rings. The van der Waals surface area contributed by atoms with Crippen LogP contribution in [0.4, 0.5) is 11.4 Å². The Morgan fingerprint density at radius 2 is 1.92 bits per heavy atom. The van der Waals surface area contributed by atoms with Crippen molar-refractivity contribution in [2.75, 3.05) is 0 Å². The van der Waals surface area contributed by atoms with Gasteiger partial charge in [-0.2, -0.15) is 0 Å². The van der Waals surface area contributed by atoms with Gasteiger partial charge in [0.2, 0.25) is 0 Å². The third-order valence-corrected chi connectivity index (χ3v) is 3.52. The third kappa shape index (κ3) is 8.06. The molecule has 0 radical (unpaired) electrons. The van der Waals surface area contributed by atoms with Crippen LogP contribution < -0.4 is 0 Å². The fourth-order valence-corrected chi connectivity index (χ4v) is 2.19. The van der Waals surface area contributed by atoms with Gasteiger partial charge in [0, 0.05) is 18.3 Å². The Labute approximate surface area is 150 Å². The van der Waals surface area contributed by atoms with Gasteiger partial charge in [-0.3, -0.25) is 14.8 Å². The fourth-order valence-electron chi connectivity index (χ4n) is 2.19. The third-order valence-electron chi connectivity index (χ3n) is 3.52. The van der Waals surface area contributed by atoms with Crippen LogP contribution in [0.3, 0.4) is 0 Å². The highest BCUT2D eigenvalue weighted by molar-refractivity contribution is 5.89. The van der Waals surface area contributed by atoms with E-state index in [4.69, 9.17) is 5.11 Å². The number of hydrogen-bond acceptors (Lipinski definition) is 3. The molecule has 0 heterocycles. The first-order valence-electron chi connectivity index (χ1n) is 8.32. The van der Waals surface area contributed by atoms with Crippen molar-refractivity contribution in [1.82, 2.24) is 0 Å². The average Bonchev–Trinajstić information content (AvgIpc) is 2.56. The Bertz CT molecular complexity index is 713.